The minimum absolute atomic E-state index is 0.0114. The van der Waals surface area contributed by atoms with Gasteiger partial charge in [0, 0.05) is 24.6 Å². The first-order chi connectivity index (χ1) is 10.0. The molecule has 0 bridgehead atoms. The van der Waals surface area contributed by atoms with Crippen LogP contribution in [0.4, 0.5) is 4.79 Å². The van der Waals surface area contributed by atoms with Crippen LogP contribution in [0.5, 0.6) is 0 Å². The van der Waals surface area contributed by atoms with E-state index < -0.39 is 12.0 Å². The van der Waals surface area contributed by atoms with E-state index in [1.54, 1.807) is 24.3 Å². The Kier molecular flexibility index (Phi) is 7.56. The normalized spacial score (nSPS) is 11.7. The van der Waals surface area contributed by atoms with E-state index >= 15 is 0 Å². The Balaban J connectivity index is 2.48. The van der Waals surface area contributed by atoms with Crippen molar-refractivity contribution in [1.29, 1.82) is 0 Å². The molecular weight excluding hydrogens is 296 g/mol. The number of amides is 2. The van der Waals surface area contributed by atoms with Gasteiger partial charge in [-0.2, -0.15) is 0 Å². The van der Waals surface area contributed by atoms with E-state index in [4.69, 9.17) is 21.8 Å². The number of urea groups is 1. The Morgan fingerprint density at radius 3 is 2.48 bits per heavy atom. The summed E-state index contributed by atoms with van der Waals surface area (Å²) in [4.78, 5) is 22.1. The van der Waals surface area contributed by atoms with Gasteiger partial charge in [-0.05, 0) is 30.5 Å². The van der Waals surface area contributed by atoms with Gasteiger partial charge < -0.3 is 20.8 Å². The molecule has 1 rings (SSSR count). The van der Waals surface area contributed by atoms with E-state index in [2.05, 4.69) is 10.6 Å². The number of nitrogens with one attached hydrogen (secondary N) is 2. The highest BCUT2D eigenvalue weighted by Gasteiger charge is 2.13. The third kappa shape index (κ3) is 6.97. The third-order valence-electron chi connectivity index (χ3n) is 2.85. The SMILES string of the molecule is O=C(O)CCCNC(=O)NC(CCO)c1ccc(Cl)cc1. The van der Waals surface area contributed by atoms with Gasteiger partial charge in [0.1, 0.15) is 0 Å². The van der Waals surface area contributed by atoms with E-state index in [1.807, 2.05) is 0 Å². The van der Waals surface area contributed by atoms with Gasteiger partial charge >= 0.3 is 12.0 Å². The van der Waals surface area contributed by atoms with Crippen LogP contribution in [-0.4, -0.2) is 35.4 Å². The Morgan fingerprint density at radius 1 is 1.24 bits per heavy atom. The van der Waals surface area contributed by atoms with Crippen molar-refractivity contribution in [2.75, 3.05) is 13.2 Å². The van der Waals surface area contributed by atoms with Crippen molar-refractivity contribution in [2.24, 2.45) is 0 Å². The lowest BCUT2D eigenvalue weighted by Crippen LogP contribution is -2.38. The van der Waals surface area contributed by atoms with Crippen molar-refractivity contribution in [2.45, 2.75) is 25.3 Å². The van der Waals surface area contributed by atoms with Gasteiger partial charge in [0.25, 0.3) is 0 Å². The average molecular weight is 315 g/mol. The van der Waals surface area contributed by atoms with Crippen LogP contribution in [0, 0.1) is 0 Å². The highest BCUT2D eigenvalue weighted by Crippen LogP contribution is 2.19. The predicted molar refractivity (Wildman–Crippen MR) is 79.3 cm³/mol. The number of aliphatic hydroxyl groups is 1. The van der Waals surface area contributed by atoms with Crippen molar-refractivity contribution < 1.29 is 19.8 Å². The zero-order valence-electron chi connectivity index (χ0n) is 11.5. The molecule has 0 aliphatic rings. The fourth-order valence-corrected chi connectivity index (χ4v) is 1.92. The van der Waals surface area contributed by atoms with E-state index in [1.165, 1.54) is 0 Å². The molecule has 116 valence electrons. The number of aliphatic carboxylic acids is 1. The Labute approximate surface area is 128 Å². The molecule has 0 saturated heterocycles. The second-order valence-electron chi connectivity index (χ2n) is 4.51. The van der Waals surface area contributed by atoms with Crippen LogP contribution in [0.15, 0.2) is 24.3 Å². The largest absolute Gasteiger partial charge is 0.481 e. The topological polar surface area (TPSA) is 98.7 Å². The van der Waals surface area contributed by atoms with Crippen molar-refractivity contribution >= 4 is 23.6 Å². The number of aliphatic hydroxyl groups excluding tert-OH is 1. The first kappa shape index (κ1) is 17.3. The van der Waals surface area contributed by atoms with Crippen LogP contribution in [-0.2, 0) is 4.79 Å². The Bertz CT molecular complexity index is 465. The number of carbonyl (C=O) groups excluding carboxylic acids is 1. The van der Waals surface area contributed by atoms with E-state index in [-0.39, 0.29) is 25.6 Å². The van der Waals surface area contributed by atoms with Crippen molar-refractivity contribution in [3.8, 4) is 0 Å². The fourth-order valence-electron chi connectivity index (χ4n) is 1.80. The lowest BCUT2D eigenvalue weighted by Gasteiger charge is -2.18. The van der Waals surface area contributed by atoms with Crippen LogP contribution < -0.4 is 10.6 Å². The molecular formula is C14H19ClN2O4. The smallest absolute Gasteiger partial charge is 0.315 e. The van der Waals surface area contributed by atoms with E-state index in [0.717, 1.165) is 5.56 Å². The second-order valence-corrected chi connectivity index (χ2v) is 4.95. The monoisotopic (exact) mass is 314 g/mol. The Hall–Kier alpha value is -1.79. The number of carbonyl (C=O) groups is 2. The minimum atomic E-state index is -0.892. The molecule has 0 saturated carbocycles. The number of carboxylic acids is 1. The summed E-state index contributed by atoms with van der Waals surface area (Å²) in [7, 11) is 0. The van der Waals surface area contributed by atoms with Gasteiger partial charge in [0.15, 0.2) is 0 Å². The molecule has 0 spiro atoms. The van der Waals surface area contributed by atoms with Gasteiger partial charge in [-0.15, -0.1) is 0 Å². The van der Waals surface area contributed by atoms with Gasteiger partial charge in [-0.1, -0.05) is 23.7 Å². The van der Waals surface area contributed by atoms with Crippen LogP contribution in [0.2, 0.25) is 5.02 Å². The van der Waals surface area contributed by atoms with Crippen LogP contribution in [0.1, 0.15) is 30.9 Å². The second kappa shape index (κ2) is 9.20. The van der Waals surface area contributed by atoms with E-state index in [9.17, 15) is 9.59 Å². The number of benzene rings is 1. The van der Waals surface area contributed by atoms with Gasteiger partial charge in [-0.3, -0.25) is 4.79 Å². The molecule has 0 radical (unpaired) electrons. The van der Waals surface area contributed by atoms with Gasteiger partial charge in [0.2, 0.25) is 0 Å². The summed E-state index contributed by atoms with van der Waals surface area (Å²) in [6.07, 6.45) is 0.760. The van der Waals surface area contributed by atoms with E-state index in [0.29, 0.717) is 17.9 Å². The molecule has 0 heterocycles. The first-order valence-corrected chi connectivity index (χ1v) is 7.03. The zero-order valence-corrected chi connectivity index (χ0v) is 12.3. The Morgan fingerprint density at radius 2 is 1.90 bits per heavy atom. The number of hydrogen-bond acceptors (Lipinski definition) is 3. The van der Waals surface area contributed by atoms with Crippen LogP contribution >= 0.6 is 11.6 Å². The number of halogens is 1. The molecule has 1 aromatic rings. The lowest BCUT2D eigenvalue weighted by molar-refractivity contribution is -0.137. The molecule has 21 heavy (non-hydrogen) atoms. The summed E-state index contributed by atoms with van der Waals surface area (Å²) in [5, 5.41) is 23.5. The maximum Gasteiger partial charge on any atom is 0.315 e. The fraction of sp³-hybridized carbons (Fsp3) is 0.429. The molecule has 0 aromatic heterocycles. The third-order valence-corrected chi connectivity index (χ3v) is 3.10. The summed E-state index contributed by atoms with van der Waals surface area (Å²) < 4.78 is 0. The predicted octanol–water partition coefficient (Wildman–Crippen LogP) is 1.93. The molecule has 0 fully saturated rings. The maximum atomic E-state index is 11.7. The molecule has 0 aliphatic heterocycles. The van der Waals surface area contributed by atoms with Crippen molar-refractivity contribution in [3.63, 3.8) is 0 Å². The van der Waals surface area contributed by atoms with Crippen LogP contribution in [0.3, 0.4) is 0 Å². The molecule has 1 unspecified atom stereocenters. The standard InChI is InChI=1S/C14H19ClN2O4/c15-11-5-3-10(4-6-11)12(7-9-18)17-14(21)16-8-1-2-13(19)20/h3-6,12,18H,1-2,7-9H2,(H,19,20)(H2,16,17,21). The molecule has 1 aromatic carbocycles. The van der Waals surface area contributed by atoms with Crippen molar-refractivity contribution in [3.05, 3.63) is 34.9 Å². The number of rotatable bonds is 8. The number of hydrogen-bond donors (Lipinski definition) is 4. The van der Waals surface area contributed by atoms with Gasteiger partial charge in [0.05, 0.1) is 6.04 Å². The quantitative estimate of drug-likeness (QED) is 0.551. The number of carboxylic acid groups (broad SMARTS) is 1. The molecule has 1 atom stereocenters. The zero-order chi connectivity index (χ0) is 15.7. The summed E-state index contributed by atoms with van der Waals surface area (Å²) in [6.45, 7) is 0.219. The van der Waals surface area contributed by atoms with Crippen molar-refractivity contribution in [1.82, 2.24) is 10.6 Å². The van der Waals surface area contributed by atoms with Crippen LogP contribution in [0.25, 0.3) is 0 Å². The summed E-state index contributed by atoms with van der Waals surface area (Å²) >= 11 is 5.81. The molecule has 4 N–H and O–H groups in total. The summed E-state index contributed by atoms with van der Waals surface area (Å²) in [6, 6.07) is 6.28. The molecule has 2 amide bonds. The highest BCUT2D eigenvalue weighted by atomic mass is 35.5. The minimum Gasteiger partial charge on any atom is -0.481 e. The van der Waals surface area contributed by atoms with Gasteiger partial charge in [-0.25, -0.2) is 4.79 Å². The summed E-state index contributed by atoms with van der Waals surface area (Å²) in [5.41, 5.74) is 0.842. The highest BCUT2D eigenvalue weighted by molar-refractivity contribution is 6.30. The molecule has 0 aliphatic carbocycles. The average Bonchev–Trinajstić information content (AvgIpc) is 2.44. The molecule has 7 heteroatoms. The first-order valence-electron chi connectivity index (χ1n) is 6.65. The maximum absolute atomic E-state index is 11.7. The summed E-state index contributed by atoms with van der Waals surface area (Å²) in [5.74, 6) is -0.892. The lowest BCUT2D eigenvalue weighted by atomic mass is 10.0. The molecule has 6 nitrogen and oxygen atoms in total.